The molecular formula is C17H18N2. The van der Waals surface area contributed by atoms with Gasteiger partial charge in [0.2, 0.25) is 0 Å². The normalized spacial score (nSPS) is 11.1. The van der Waals surface area contributed by atoms with Gasteiger partial charge in [0.1, 0.15) is 0 Å². The standard InChI is InChI=1S/C17H18N2/c1-13-12-19-11-10-18-16(17(19)14(13)2)9-8-15-6-4-3-5-7-15/h3-7,10-12H,8-9H2,1-2H3. The van der Waals surface area contributed by atoms with Gasteiger partial charge in [-0.2, -0.15) is 0 Å². The summed E-state index contributed by atoms with van der Waals surface area (Å²) in [6, 6.07) is 10.6. The van der Waals surface area contributed by atoms with Gasteiger partial charge in [-0.1, -0.05) is 30.3 Å². The molecule has 0 radical (unpaired) electrons. The maximum Gasteiger partial charge on any atom is 0.0699 e. The van der Waals surface area contributed by atoms with Crippen molar-refractivity contribution in [3.05, 3.63) is 71.3 Å². The van der Waals surface area contributed by atoms with Crippen LogP contribution in [0.5, 0.6) is 0 Å². The molecule has 3 rings (SSSR count). The number of hydrogen-bond donors (Lipinski definition) is 0. The molecule has 0 spiro atoms. The summed E-state index contributed by atoms with van der Waals surface area (Å²) in [4.78, 5) is 4.58. The van der Waals surface area contributed by atoms with E-state index in [0.29, 0.717) is 0 Å². The summed E-state index contributed by atoms with van der Waals surface area (Å²) in [5.74, 6) is 0. The molecule has 0 bridgehead atoms. The molecule has 2 aromatic heterocycles. The predicted molar refractivity (Wildman–Crippen MR) is 78.5 cm³/mol. The van der Waals surface area contributed by atoms with E-state index in [1.807, 2.05) is 12.4 Å². The smallest absolute Gasteiger partial charge is 0.0699 e. The number of aromatic nitrogens is 2. The van der Waals surface area contributed by atoms with Gasteiger partial charge in [0.25, 0.3) is 0 Å². The highest BCUT2D eigenvalue weighted by Crippen LogP contribution is 2.20. The van der Waals surface area contributed by atoms with Gasteiger partial charge >= 0.3 is 0 Å². The van der Waals surface area contributed by atoms with E-state index >= 15 is 0 Å². The van der Waals surface area contributed by atoms with E-state index in [0.717, 1.165) is 12.8 Å². The zero-order valence-electron chi connectivity index (χ0n) is 11.4. The van der Waals surface area contributed by atoms with Crippen molar-refractivity contribution in [2.75, 3.05) is 0 Å². The van der Waals surface area contributed by atoms with Gasteiger partial charge in [-0.15, -0.1) is 0 Å². The molecule has 0 aliphatic heterocycles. The molecule has 96 valence electrons. The predicted octanol–water partition coefficient (Wildman–Crippen LogP) is 3.74. The number of hydrogen-bond acceptors (Lipinski definition) is 1. The second kappa shape index (κ2) is 4.88. The van der Waals surface area contributed by atoms with Crippen LogP contribution in [0.1, 0.15) is 22.4 Å². The second-order valence-corrected chi connectivity index (χ2v) is 5.05. The van der Waals surface area contributed by atoms with Crippen molar-refractivity contribution in [2.45, 2.75) is 26.7 Å². The first-order valence-electron chi connectivity index (χ1n) is 6.71. The van der Waals surface area contributed by atoms with Crippen LogP contribution < -0.4 is 0 Å². The van der Waals surface area contributed by atoms with E-state index in [1.54, 1.807) is 0 Å². The van der Waals surface area contributed by atoms with Crippen molar-refractivity contribution in [3.8, 4) is 0 Å². The first-order chi connectivity index (χ1) is 9.25. The van der Waals surface area contributed by atoms with Crippen LogP contribution in [0.25, 0.3) is 5.52 Å². The topological polar surface area (TPSA) is 17.3 Å². The summed E-state index contributed by atoms with van der Waals surface area (Å²) < 4.78 is 2.19. The first-order valence-corrected chi connectivity index (χ1v) is 6.71. The van der Waals surface area contributed by atoms with Crippen LogP contribution >= 0.6 is 0 Å². The molecule has 0 fully saturated rings. The van der Waals surface area contributed by atoms with E-state index in [9.17, 15) is 0 Å². The van der Waals surface area contributed by atoms with Crippen LogP contribution in [0.4, 0.5) is 0 Å². The SMILES string of the molecule is Cc1cn2ccnc(CCc3ccccc3)c2c1C. The summed E-state index contributed by atoms with van der Waals surface area (Å²) in [6.07, 6.45) is 8.13. The molecule has 2 heteroatoms. The minimum atomic E-state index is 0.985. The van der Waals surface area contributed by atoms with Gasteiger partial charge in [0, 0.05) is 18.6 Å². The molecule has 0 saturated carbocycles. The molecule has 1 aromatic carbocycles. The molecule has 0 saturated heterocycles. The van der Waals surface area contributed by atoms with Crippen molar-refractivity contribution < 1.29 is 0 Å². The fourth-order valence-corrected chi connectivity index (χ4v) is 2.58. The molecule has 0 unspecified atom stereocenters. The minimum absolute atomic E-state index is 0.985. The molecule has 0 N–H and O–H groups in total. The average Bonchev–Trinajstić information content (AvgIpc) is 2.74. The zero-order valence-corrected chi connectivity index (χ0v) is 11.4. The highest BCUT2D eigenvalue weighted by molar-refractivity contribution is 5.62. The Balaban J connectivity index is 1.93. The summed E-state index contributed by atoms with van der Waals surface area (Å²) in [6.45, 7) is 4.33. The Morgan fingerprint density at radius 3 is 2.63 bits per heavy atom. The lowest BCUT2D eigenvalue weighted by Crippen LogP contribution is -1.98. The lowest BCUT2D eigenvalue weighted by Gasteiger charge is -2.05. The summed E-state index contributed by atoms with van der Waals surface area (Å²) in [5, 5.41) is 0. The fraction of sp³-hybridized carbons (Fsp3) is 0.235. The Labute approximate surface area is 113 Å². The van der Waals surface area contributed by atoms with Gasteiger partial charge in [-0.05, 0) is 43.4 Å². The Bertz CT molecular complexity index is 696. The van der Waals surface area contributed by atoms with Crippen LogP contribution in [-0.2, 0) is 12.8 Å². The van der Waals surface area contributed by atoms with Crippen LogP contribution in [0, 0.1) is 13.8 Å². The maximum atomic E-state index is 4.58. The third-order valence-electron chi connectivity index (χ3n) is 3.76. The lowest BCUT2D eigenvalue weighted by molar-refractivity contribution is 0.906. The number of rotatable bonds is 3. The Morgan fingerprint density at radius 2 is 1.84 bits per heavy atom. The van der Waals surface area contributed by atoms with Crippen molar-refractivity contribution in [3.63, 3.8) is 0 Å². The van der Waals surface area contributed by atoms with Crippen LogP contribution in [0.15, 0.2) is 48.9 Å². The summed E-state index contributed by atoms with van der Waals surface area (Å²) in [5.41, 5.74) is 6.50. The van der Waals surface area contributed by atoms with Crippen molar-refractivity contribution in [2.24, 2.45) is 0 Å². The molecule has 3 aromatic rings. The van der Waals surface area contributed by atoms with E-state index in [4.69, 9.17) is 0 Å². The van der Waals surface area contributed by atoms with Crippen molar-refractivity contribution >= 4 is 5.52 Å². The zero-order chi connectivity index (χ0) is 13.2. The Hall–Kier alpha value is -2.09. The number of aryl methyl sites for hydroxylation is 4. The molecule has 0 amide bonds. The van der Waals surface area contributed by atoms with Gasteiger partial charge in [-0.25, -0.2) is 0 Å². The fourth-order valence-electron chi connectivity index (χ4n) is 2.58. The highest BCUT2D eigenvalue weighted by Gasteiger charge is 2.08. The van der Waals surface area contributed by atoms with Crippen LogP contribution in [-0.4, -0.2) is 9.38 Å². The maximum absolute atomic E-state index is 4.58. The molecule has 2 heterocycles. The molecule has 0 aliphatic rings. The van der Waals surface area contributed by atoms with Gasteiger partial charge in [0.15, 0.2) is 0 Å². The van der Waals surface area contributed by atoms with Crippen LogP contribution in [0.3, 0.4) is 0 Å². The molecule has 19 heavy (non-hydrogen) atoms. The van der Waals surface area contributed by atoms with Crippen LogP contribution in [0.2, 0.25) is 0 Å². The largest absolute Gasteiger partial charge is 0.320 e. The number of fused-ring (bicyclic) bond motifs is 1. The number of nitrogens with zero attached hydrogens (tertiary/aromatic N) is 2. The van der Waals surface area contributed by atoms with E-state index in [-0.39, 0.29) is 0 Å². The van der Waals surface area contributed by atoms with E-state index < -0.39 is 0 Å². The lowest BCUT2D eigenvalue weighted by atomic mass is 10.1. The summed E-state index contributed by atoms with van der Waals surface area (Å²) in [7, 11) is 0. The van der Waals surface area contributed by atoms with Gasteiger partial charge in [0.05, 0.1) is 11.2 Å². The number of benzene rings is 1. The van der Waals surface area contributed by atoms with E-state index in [2.05, 4.69) is 59.8 Å². The monoisotopic (exact) mass is 250 g/mol. The quantitative estimate of drug-likeness (QED) is 0.692. The second-order valence-electron chi connectivity index (χ2n) is 5.05. The molecule has 0 atom stereocenters. The minimum Gasteiger partial charge on any atom is -0.320 e. The highest BCUT2D eigenvalue weighted by atomic mass is 14.9. The average molecular weight is 250 g/mol. The van der Waals surface area contributed by atoms with Crippen molar-refractivity contribution in [1.82, 2.24) is 9.38 Å². The molecule has 2 nitrogen and oxygen atoms in total. The van der Waals surface area contributed by atoms with E-state index in [1.165, 1.54) is 27.9 Å². The Morgan fingerprint density at radius 1 is 1.05 bits per heavy atom. The van der Waals surface area contributed by atoms with Crippen molar-refractivity contribution in [1.29, 1.82) is 0 Å². The van der Waals surface area contributed by atoms with Gasteiger partial charge in [-0.3, -0.25) is 4.98 Å². The molecule has 0 aliphatic carbocycles. The third-order valence-corrected chi connectivity index (χ3v) is 3.76. The first kappa shape index (κ1) is 12.0. The van der Waals surface area contributed by atoms with Gasteiger partial charge < -0.3 is 4.40 Å². The third kappa shape index (κ3) is 2.26. The Kier molecular flexibility index (Phi) is 3.08. The summed E-state index contributed by atoms with van der Waals surface area (Å²) >= 11 is 0. The molecular weight excluding hydrogens is 232 g/mol.